The number of nitrogens with one attached hydrogen (secondary N) is 1. The fourth-order valence-electron chi connectivity index (χ4n) is 2.85. The first-order valence-electron chi connectivity index (χ1n) is 8.05. The largest absolute Gasteiger partial charge is 0.329 e. The van der Waals surface area contributed by atoms with Crippen LogP contribution in [0.2, 0.25) is 5.15 Å². The van der Waals surface area contributed by atoms with Crippen molar-refractivity contribution in [1.29, 1.82) is 0 Å². The van der Waals surface area contributed by atoms with Gasteiger partial charge in [0.2, 0.25) is 0 Å². The maximum Gasteiger partial charge on any atom is 0.329 e. The molecule has 0 saturated carbocycles. The normalized spacial score (nSPS) is 15.7. The number of aromatic nitrogens is 1. The van der Waals surface area contributed by atoms with Gasteiger partial charge in [0.15, 0.2) is 0 Å². The number of para-hydroxylation sites is 1. The predicted molar refractivity (Wildman–Crippen MR) is 100 cm³/mol. The Kier molecular flexibility index (Phi) is 4.14. The molecule has 3 amide bonds. The zero-order valence-corrected chi connectivity index (χ0v) is 14.4. The number of benzene rings is 2. The maximum atomic E-state index is 12.6. The summed E-state index contributed by atoms with van der Waals surface area (Å²) in [5.74, 6) is -0.386. The fraction of sp³-hybridized carbons (Fsp3) is 0.0500. The van der Waals surface area contributed by atoms with Crippen LogP contribution < -0.4 is 5.32 Å². The van der Waals surface area contributed by atoms with Crippen molar-refractivity contribution in [2.75, 3.05) is 0 Å². The molecule has 0 bridgehead atoms. The van der Waals surface area contributed by atoms with E-state index in [-0.39, 0.29) is 23.3 Å². The first-order valence-corrected chi connectivity index (χ1v) is 8.43. The van der Waals surface area contributed by atoms with Crippen molar-refractivity contribution in [1.82, 2.24) is 15.2 Å². The van der Waals surface area contributed by atoms with Crippen LogP contribution in [0, 0.1) is 0 Å². The van der Waals surface area contributed by atoms with E-state index in [1.54, 1.807) is 6.08 Å². The first-order chi connectivity index (χ1) is 12.6. The van der Waals surface area contributed by atoms with Crippen LogP contribution in [0.3, 0.4) is 0 Å². The molecule has 128 valence electrons. The van der Waals surface area contributed by atoms with Crippen molar-refractivity contribution in [3.63, 3.8) is 0 Å². The van der Waals surface area contributed by atoms with Gasteiger partial charge in [-0.25, -0.2) is 9.78 Å². The number of carbonyl (C=O) groups is 2. The lowest BCUT2D eigenvalue weighted by Gasteiger charge is -2.11. The van der Waals surface area contributed by atoms with Crippen molar-refractivity contribution in [2.24, 2.45) is 0 Å². The molecule has 4 rings (SSSR count). The summed E-state index contributed by atoms with van der Waals surface area (Å²) in [7, 11) is 0. The standard InChI is InChI=1S/C20H14ClN3O2/c21-18-15(10-14-8-4-5-9-16(14)22-18)11-17-19(25)24(20(26)23-17)12-13-6-2-1-3-7-13/h1-11H,12H2,(H,23,26)/b17-11-. The molecule has 1 fully saturated rings. The van der Waals surface area contributed by atoms with Crippen molar-refractivity contribution in [3.05, 3.63) is 82.6 Å². The number of nitrogens with zero attached hydrogens (tertiary/aromatic N) is 2. The van der Waals surface area contributed by atoms with Gasteiger partial charge >= 0.3 is 6.03 Å². The van der Waals surface area contributed by atoms with Gasteiger partial charge in [-0.1, -0.05) is 60.1 Å². The van der Waals surface area contributed by atoms with Gasteiger partial charge in [0, 0.05) is 10.9 Å². The van der Waals surface area contributed by atoms with Gasteiger partial charge in [0.1, 0.15) is 10.9 Å². The molecule has 0 atom stereocenters. The summed E-state index contributed by atoms with van der Waals surface area (Å²) in [4.78, 5) is 30.3. The summed E-state index contributed by atoms with van der Waals surface area (Å²) in [5, 5.41) is 3.79. The molecule has 1 saturated heterocycles. The smallest absolute Gasteiger partial charge is 0.303 e. The number of rotatable bonds is 3. The number of pyridine rings is 1. The summed E-state index contributed by atoms with van der Waals surface area (Å²) in [6.45, 7) is 0.215. The third kappa shape index (κ3) is 3.05. The summed E-state index contributed by atoms with van der Waals surface area (Å²) >= 11 is 6.24. The molecule has 1 aliphatic heterocycles. The van der Waals surface area contributed by atoms with Crippen molar-refractivity contribution >= 4 is 40.5 Å². The molecule has 0 spiro atoms. The molecular weight excluding hydrogens is 350 g/mol. The van der Waals surface area contributed by atoms with Crippen LogP contribution in [0.5, 0.6) is 0 Å². The van der Waals surface area contributed by atoms with Gasteiger partial charge in [-0.2, -0.15) is 0 Å². The molecule has 1 aliphatic rings. The molecule has 0 unspecified atom stereocenters. The third-order valence-corrected chi connectivity index (χ3v) is 4.45. The van der Waals surface area contributed by atoms with Crippen molar-refractivity contribution in [3.8, 4) is 0 Å². The second-order valence-electron chi connectivity index (χ2n) is 5.93. The molecule has 0 radical (unpaired) electrons. The summed E-state index contributed by atoms with van der Waals surface area (Å²) in [5.41, 5.74) is 2.41. The maximum absolute atomic E-state index is 12.6. The first kappa shape index (κ1) is 16.3. The minimum Gasteiger partial charge on any atom is -0.303 e. The Hall–Kier alpha value is -3.18. The highest BCUT2D eigenvalue weighted by Gasteiger charge is 2.33. The zero-order chi connectivity index (χ0) is 18.1. The molecule has 2 aromatic carbocycles. The van der Waals surface area contributed by atoms with Gasteiger partial charge in [0.25, 0.3) is 5.91 Å². The summed E-state index contributed by atoms with van der Waals surface area (Å²) in [6, 6.07) is 18.3. The van der Waals surface area contributed by atoms with Crippen LogP contribution in [0.25, 0.3) is 17.0 Å². The number of imide groups is 1. The van der Waals surface area contributed by atoms with E-state index in [2.05, 4.69) is 10.3 Å². The van der Waals surface area contributed by atoms with Crippen LogP contribution in [0.1, 0.15) is 11.1 Å². The molecule has 2 heterocycles. The predicted octanol–water partition coefficient (Wildman–Crippen LogP) is 3.98. The van der Waals surface area contributed by atoms with E-state index in [9.17, 15) is 9.59 Å². The van der Waals surface area contributed by atoms with Gasteiger partial charge < -0.3 is 5.32 Å². The van der Waals surface area contributed by atoms with E-state index in [1.165, 1.54) is 4.90 Å². The second-order valence-corrected chi connectivity index (χ2v) is 6.28. The van der Waals surface area contributed by atoms with Gasteiger partial charge in [0.05, 0.1) is 12.1 Å². The topological polar surface area (TPSA) is 62.3 Å². The Morgan fingerprint density at radius 1 is 1.04 bits per heavy atom. The zero-order valence-electron chi connectivity index (χ0n) is 13.6. The number of urea groups is 1. The Balaban J connectivity index is 1.65. The number of amides is 3. The van der Waals surface area contributed by atoms with Crippen molar-refractivity contribution in [2.45, 2.75) is 6.54 Å². The average molecular weight is 364 g/mol. The molecule has 1 N–H and O–H groups in total. The Morgan fingerprint density at radius 2 is 1.77 bits per heavy atom. The lowest BCUT2D eigenvalue weighted by atomic mass is 10.1. The van der Waals surface area contributed by atoms with E-state index < -0.39 is 6.03 Å². The highest BCUT2D eigenvalue weighted by Crippen LogP contribution is 2.24. The molecule has 5 nitrogen and oxygen atoms in total. The van der Waals surface area contributed by atoms with E-state index in [4.69, 9.17) is 11.6 Å². The number of hydrogen-bond acceptors (Lipinski definition) is 3. The van der Waals surface area contributed by atoms with E-state index >= 15 is 0 Å². The van der Waals surface area contributed by atoms with Crippen molar-refractivity contribution < 1.29 is 9.59 Å². The van der Waals surface area contributed by atoms with Gasteiger partial charge in [-0.15, -0.1) is 0 Å². The monoisotopic (exact) mass is 363 g/mol. The summed E-state index contributed by atoms with van der Waals surface area (Å²) < 4.78 is 0. The minimum absolute atomic E-state index is 0.185. The molecule has 1 aromatic heterocycles. The number of halogens is 1. The van der Waals surface area contributed by atoms with Gasteiger partial charge in [-0.05, 0) is 23.8 Å². The lowest BCUT2D eigenvalue weighted by molar-refractivity contribution is -0.123. The summed E-state index contributed by atoms with van der Waals surface area (Å²) in [6.07, 6.45) is 1.56. The average Bonchev–Trinajstić information content (AvgIpc) is 2.91. The fourth-order valence-corrected chi connectivity index (χ4v) is 3.05. The van der Waals surface area contributed by atoms with E-state index in [0.29, 0.717) is 5.56 Å². The number of carbonyl (C=O) groups excluding carboxylic acids is 2. The van der Waals surface area contributed by atoms with Gasteiger partial charge in [-0.3, -0.25) is 9.69 Å². The Labute approximate surface area is 154 Å². The minimum atomic E-state index is -0.449. The second kappa shape index (κ2) is 6.61. The van der Waals surface area contributed by atoms with Crippen LogP contribution >= 0.6 is 11.6 Å². The third-order valence-electron chi connectivity index (χ3n) is 4.15. The highest BCUT2D eigenvalue weighted by molar-refractivity contribution is 6.31. The molecule has 3 aromatic rings. The highest BCUT2D eigenvalue weighted by atomic mass is 35.5. The van der Waals surface area contributed by atoms with Crippen LogP contribution in [0.15, 0.2) is 66.4 Å². The van der Waals surface area contributed by atoms with Crippen LogP contribution in [0.4, 0.5) is 4.79 Å². The molecule has 0 aliphatic carbocycles. The Bertz CT molecular complexity index is 1050. The quantitative estimate of drug-likeness (QED) is 0.435. The molecular formula is C20H14ClN3O2. The lowest BCUT2D eigenvalue weighted by Crippen LogP contribution is -2.30. The van der Waals surface area contributed by atoms with E-state index in [1.807, 2.05) is 60.7 Å². The number of fused-ring (bicyclic) bond motifs is 1. The SMILES string of the molecule is O=C1N/C(=C\c2cc3ccccc3nc2Cl)C(=O)N1Cc1ccccc1. The number of hydrogen-bond donors (Lipinski definition) is 1. The van der Waals surface area contributed by atoms with Crippen LogP contribution in [-0.2, 0) is 11.3 Å². The Morgan fingerprint density at radius 3 is 2.58 bits per heavy atom. The molecule has 26 heavy (non-hydrogen) atoms. The van der Waals surface area contributed by atoms with Crippen LogP contribution in [-0.4, -0.2) is 21.8 Å². The van der Waals surface area contributed by atoms with E-state index in [0.717, 1.165) is 16.5 Å². The molecule has 6 heteroatoms.